The average molecular weight is 541 g/mol. The molecule has 0 aromatic heterocycles. The van der Waals surface area contributed by atoms with Crippen molar-refractivity contribution in [3.63, 3.8) is 0 Å². The summed E-state index contributed by atoms with van der Waals surface area (Å²) in [5.41, 5.74) is 3.24. The Morgan fingerprint density at radius 1 is 0.947 bits per heavy atom. The Balaban J connectivity index is 1.27. The van der Waals surface area contributed by atoms with Crippen molar-refractivity contribution in [1.29, 1.82) is 0 Å². The van der Waals surface area contributed by atoms with Crippen LogP contribution >= 0.6 is 0 Å². The van der Waals surface area contributed by atoms with E-state index in [0.29, 0.717) is 5.41 Å². The van der Waals surface area contributed by atoms with Crippen LogP contribution in [0.3, 0.4) is 0 Å². The van der Waals surface area contributed by atoms with Crippen molar-refractivity contribution in [3.8, 4) is 0 Å². The molecule has 0 unspecified atom stereocenters. The van der Waals surface area contributed by atoms with Gasteiger partial charge in [-0.1, -0.05) is 83.2 Å². The van der Waals surface area contributed by atoms with Crippen LogP contribution in [0.5, 0.6) is 0 Å². The quantitative estimate of drug-likeness (QED) is 0.244. The van der Waals surface area contributed by atoms with E-state index in [2.05, 4.69) is 40.7 Å². The van der Waals surface area contributed by atoms with Gasteiger partial charge in [0.05, 0.1) is 11.0 Å². The van der Waals surface area contributed by atoms with Gasteiger partial charge in [-0.25, -0.2) is 0 Å². The van der Waals surface area contributed by atoms with Gasteiger partial charge in [-0.05, 0) is 117 Å². The van der Waals surface area contributed by atoms with Gasteiger partial charge in [-0.2, -0.15) is 8.42 Å². The highest BCUT2D eigenvalue weighted by Crippen LogP contribution is 2.67. The van der Waals surface area contributed by atoms with E-state index in [9.17, 15) is 8.42 Å². The van der Waals surface area contributed by atoms with Crippen LogP contribution in [0.1, 0.15) is 111 Å². The predicted molar refractivity (Wildman–Crippen MR) is 156 cm³/mol. The van der Waals surface area contributed by atoms with Crippen molar-refractivity contribution in [2.24, 2.45) is 46.3 Å². The van der Waals surface area contributed by atoms with Crippen LogP contribution in [0.2, 0.25) is 0 Å². The second kappa shape index (κ2) is 10.7. The number of hydrogen-bond donors (Lipinski definition) is 0. The first kappa shape index (κ1) is 28.4. The summed E-state index contributed by atoms with van der Waals surface area (Å²) in [5, 5.41) is 0. The number of fused-ring (bicyclic) bond motifs is 5. The molecule has 212 valence electrons. The third-order valence-electron chi connectivity index (χ3n) is 11.8. The minimum atomic E-state index is -3.73. The molecule has 4 aliphatic carbocycles. The fourth-order valence-electron chi connectivity index (χ4n) is 9.67. The molecule has 5 rings (SSSR count). The lowest BCUT2D eigenvalue weighted by Gasteiger charge is -2.58. The molecule has 0 N–H and O–H groups in total. The standard InChI is InChI=1S/C34H52O3S/c1-23(2)8-7-9-25(4)30-16-17-31-29-15-12-26-22-27(37-38(35,36)28-13-10-24(3)11-14-28)18-20-33(26,5)32(29)19-21-34(30,31)6/h10-14,23,25,27,29-32H,7-9,15-22H2,1-6H3/t25-,27+,29-,30-,31-,32-,33+,34-/m1/s1. The van der Waals surface area contributed by atoms with Crippen LogP contribution < -0.4 is 0 Å². The summed E-state index contributed by atoms with van der Waals surface area (Å²) < 4.78 is 31.8. The first-order valence-corrected chi connectivity index (χ1v) is 17.0. The van der Waals surface area contributed by atoms with Gasteiger partial charge in [0.1, 0.15) is 0 Å². The lowest BCUT2D eigenvalue weighted by molar-refractivity contribution is -0.0556. The number of hydrogen-bond acceptors (Lipinski definition) is 3. The van der Waals surface area contributed by atoms with Crippen molar-refractivity contribution >= 4 is 10.1 Å². The maximum atomic E-state index is 13.0. The first-order valence-electron chi connectivity index (χ1n) is 15.6. The molecule has 0 saturated heterocycles. The summed E-state index contributed by atoms with van der Waals surface area (Å²) in [4.78, 5) is 0.273. The van der Waals surface area contributed by atoms with Crippen LogP contribution in [-0.4, -0.2) is 14.5 Å². The van der Waals surface area contributed by atoms with Crippen molar-refractivity contribution in [1.82, 2.24) is 0 Å². The van der Waals surface area contributed by atoms with Gasteiger partial charge in [-0.15, -0.1) is 0 Å². The minimum absolute atomic E-state index is 0.207. The van der Waals surface area contributed by atoms with Crippen molar-refractivity contribution in [2.75, 3.05) is 0 Å². The Morgan fingerprint density at radius 3 is 2.39 bits per heavy atom. The van der Waals surface area contributed by atoms with Gasteiger partial charge in [0.15, 0.2) is 0 Å². The highest BCUT2D eigenvalue weighted by atomic mass is 32.2. The second-order valence-corrected chi connectivity index (χ2v) is 16.1. The number of allylic oxidation sites excluding steroid dienone is 1. The molecule has 0 radical (unpaired) electrons. The van der Waals surface area contributed by atoms with Gasteiger partial charge in [0, 0.05) is 0 Å². The molecule has 0 spiro atoms. The molecule has 1 aromatic rings. The molecule has 0 bridgehead atoms. The van der Waals surface area contributed by atoms with E-state index in [-0.39, 0.29) is 16.4 Å². The molecule has 1 aromatic carbocycles. The topological polar surface area (TPSA) is 43.4 Å². The van der Waals surface area contributed by atoms with E-state index < -0.39 is 10.1 Å². The lowest BCUT2D eigenvalue weighted by Crippen LogP contribution is -2.51. The molecule has 3 nitrogen and oxygen atoms in total. The third kappa shape index (κ3) is 5.18. The summed E-state index contributed by atoms with van der Waals surface area (Å²) in [7, 11) is -3.73. The van der Waals surface area contributed by atoms with Gasteiger partial charge in [0.2, 0.25) is 0 Å². The predicted octanol–water partition coefficient (Wildman–Crippen LogP) is 9.11. The summed E-state index contributed by atoms with van der Waals surface area (Å²) in [6.07, 6.45) is 15.8. The van der Waals surface area contributed by atoms with E-state index in [1.165, 1.54) is 56.9 Å². The van der Waals surface area contributed by atoms with E-state index in [0.717, 1.165) is 60.3 Å². The van der Waals surface area contributed by atoms with E-state index in [1.807, 2.05) is 19.1 Å². The van der Waals surface area contributed by atoms with Gasteiger partial charge < -0.3 is 0 Å². The maximum Gasteiger partial charge on any atom is 0.297 e. The zero-order chi connectivity index (χ0) is 27.3. The van der Waals surface area contributed by atoms with Crippen LogP contribution in [0.25, 0.3) is 0 Å². The summed E-state index contributed by atoms with van der Waals surface area (Å²) in [6.45, 7) is 14.4. The molecule has 0 aliphatic heterocycles. The number of rotatable bonds is 8. The fraction of sp³-hybridized carbons (Fsp3) is 0.765. The van der Waals surface area contributed by atoms with E-state index >= 15 is 0 Å². The van der Waals surface area contributed by atoms with E-state index in [4.69, 9.17) is 4.18 Å². The molecule has 0 heterocycles. The second-order valence-electron chi connectivity index (χ2n) is 14.5. The molecular weight excluding hydrogens is 488 g/mol. The number of benzene rings is 1. The van der Waals surface area contributed by atoms with Crippen molar-refractivity contribution < 1.29 is 12.6 Å². The van der Waals surface area contributed by atoms with Gasteiger partial charge >= 0.3 is 0 Å². The Labute approximate surface area is 233 Å². The molecule has 0 amide bonds. The highest BCUT2D eigenvalue weighted by molar-refractivity contribution is 7.86. The summed E-state index contributed by atoms with van der Waals surface area (Å²) in [5.74, 6) is 4.93. The van der Waals surface area contributed by atoms with Crippen LogP contribution in [-0.2, 0) is 14.3 Å². The smallest absolute Gasteiger partial charge is 0.263 e. The van der Waals surface area contributed by atoms with Crippen molar-refractivity contribution in [2.45, 2.75) is 123 Å². The lowest BCUT2D eigenvalue weighted by atomic mass is 9.47. The van der Waals surface area contributed by atoms with Crippen LogP contribution in [0.15, 0.2) is 40.8 Å². The number of aryl methyl sites for hydroxylation is 1. The third-order valence-corrected chi connectivity index (χ3v) is 13.2. The Kier molecular flexibility index (Phi) is 7.99. The zero-order valence-corrected chi connectivity index (χ0v) is 25.7. The Bertz CT molecular complexity index is 1120. The van der Waals surface area contributed by atoms with Gasteiger partial charge in [0.25, 0.3) is 10.1 Å². The van der Waals surface area contributed by atoms with Gasteiger partial charge in [-0.3, -0.25) is 4.18 Å². The normalized spacial score (nSPS) is 37.8. The molecule has 4 aliphatic rings. The molecule has 3 saturated carbocycles. The fourth-order valence-corrected chi connectivity index (χ4v) is 10.8. The summed E-state index contributed by atoms with van der Waals surface area (Å²) >= 11 is 0. The summed E-state index contributed by atoms with van der Waals surface area (Å²) in [6, 6.07) is 7.02. The van der Waals surface area contributed by atoms with E-state index in [1.54, 1.807) is 12.1 Å². The average Bonchev–Trinajstić information content (AvgIpc) is 3.21. The molecular formula is C34H52O3S. The Hall–Kier alpha value is -1.13. The maximum absolute atomic E-state index is 13.0. The SMILES string of the molecule is Cc1ccc(S(=O)(=O)O[C@H]2CC[C@@]3(C)C(=CC[C@@H]4[C@H]5CC[C@H]([C@H](C)CCCC(C)C)[C@@]5(C)CC[C@H]43)C2)cc1. The van der Waals surface area contributed by atoms with Crippen LogP contribution in [0, 0.1) is 53.3 Å². The minimum Gasteiger partial charge on any atom is -0.263 e. The highest BCUT2D eigenvalue weighted by Gasteiger charge is 2.59. The zero-order valence-electron chi connectivity index (χ0n) is 24.8. The first-order chi connectivity index (χ1) is 17.9. The van der Waals surface area contributed by atoms with Crippen LogP contribution in [0.4, 0.5) is 0 Å². The largest absolute Gasteiger partial charge is 0.297 e. The molecule has 8 atom stereocenters. The monoisotopic (exact) mass is 540 g/mol. The molecule has 3 fully saturated rings. The molecule has 38 heavy (non-hydrogen) atoms. The molecule has 4 heteroatoms. The Morgan fingerprint density at radius 2 is 1.68 bits per heavy atom. The van der Waals surface area contributed by atoms with Crippen molar-refractivity contribution in [3.05, 3.63) is 41.5 Å².